The zero-order chi connectivity index (χ0) is 27.1. The number of ether oxygens (including phenoxy) is 2. The van der Waals surface area contributed by atoms with Gasteiger partial charge in [-0.3, -0.25) is 14.4 Å². The Bertz CT molecular complexity index is 846. The van der Waals surface area contributed by atoms with Crippen molar-refractivity contribution in [3.63, 3.8) is 0 Å². The lowest BCUT2D eigenvalue weighted by Crippen LogP contribution is -2.56. The van der Waals surface area contributed by atoms with Crippen LogP contribution in [0.4, 0.5) is 0 Å². The minimum atomic E-state index is -1.04. The summed E-state index contributed by atoms with van der Waals surface area (Å²) >= 11 is 0. The van der Waals surface area contributed by atoms with Crippen LogP contribution in [0.15, 0.2) is 25.3 Å². The van der Waals surface area contributed by atoms with Crippen LogP contribution in [0.3, 0.4) is 0 Å². The second kappa shape index (κ2) is 13.1. The highest BCUT2D eigenvalue weighted by Gasteiger charge is 2.79. The molecule has 0 radical (unpaired) electrons. The summed E-state index contributed by atoms with van der Waals surface area (Å²) in [5.41, 5.74) is -1.83. The first-order valence-electron chi connectivity index (χ1n) is 14.2. The van der Waals surface area contributed by atoms with Gasteiger partial charge in [0.05, 0.1) is 18.1 Å². The molecule has 3 rings (SSSR count). The molecule has 2 bridgehead atoms. The van der Waals surface area contributed by atoms with Crippen molar-refractivity contribution in [3.05, 3.63) is 25.3 Å². The van der Waals surface area contributed by atoms with E-state index >= 15 is 0 Å². The maximum absolute atomic E-state index is 14.1. The van der Waals surface area contributed by atoms with Crippen LogP contribution in [0.5, 0.6) is 0 Å². The van der Waals surface area contributed by atoms with Crippen LogP contribution in [0, 0.1) is 11.8 Å². The Morgan fingerprint density at radius 3 is 2.59 bits per heavy atom. The number of rotatable bonds is 17. The first-order valence-corrected chi connectivity index (χ1v) is 14.2. The third kappa shape index (κ3) is 5.51. The average Bonchev–Trinajstić information content (AvgIpc) is 3.50. The van der Waals surface area contributed by atoms with Gasteiger partial charge < -0.3 is 24.4 Å². The summed E-state index contributed by atoms with van der Waals surface area (Å²) in [7, 11) is 0. The molecule has 3 fully saturated rings. The van der Waals surface area contributed by atoms with Gasteiger partial charge in [-0.2, -0.15) is 0 Å². The molecule has 8 nitrogen and oxygen atoms in total. The molecular weight excluding hydrogens is 472 g/mol. The van der Waals surface area contributed by atoms with Gasteiger partial charge in [0.15, 0.2) is 0 Å². The number of nitrogens with zero attached hydrogens (tertiary/aromatic N) is 2. The Balaban J connectivity index is 1.94. The molecule has 208 valence electrons. The molecule has 37 heavy (non-hydrogen) atoms. The molecule has 3 aliphatic rings. The van der Waals surface area contributed by atoms with Gasteiger partial charge in [-0.05, 0) is 57.8 Å². The summed E-state index contributed by atoms with van der Waals surface area (Å²) in [5, 5.41) is 9.34. The molecule has 3 aliphatic heterocycles. The molecule has 2 amide bonds. The quantitative estimate of drug-likeness (QED) is 0.179. The molecule has 0 aromatic carbocycles. The number of unbranched alkanes of at least 4 members (excludes halogenated alkanes) is 4. The standard InChI is InChI=1S/C29H46N2O6/c1-5-9-11-14-21-36-27(35)23-22-25(33)31(19-12-13-20-32)24(26(34)30(17-7-3)18-10-6-2)29(22)16-15-28(23,8-4)37-29/h5,7,22-24,32H,1,3,6,8-21H2,2,4H3/t22-,23-,24?,28+,29?/m0/s1. The predicted molar refractivity (Wildman–Crippen MR) is 142 cm³/mol. The van der Waals surface area contributed by atoms with Gasteiger partial charge in [0.2, 0.25) is 11.8 Å². The molecule has 2 unspecified atom stereocenters. The van der Waals surface area contributed by atoms with E-state index in [9.17, 15) is 19.5 Å². The summed E-state index contributed by atoms with van der Waals surface area (Å²) in [6.45, 7) is 13.2. The van der Waals surface area contributed by atoms with Crippen molar-refractivity contribution >= 4 is 17.8 Å². The Morgan fingerprint density at radius 1 is 1.16 bits per heavy atom. The lowest BCUT2D eigenvalue weighted by molar-refractivity contribution is -0.162. The number of carbonyl (C=O) groups is 3. The van der Waals surface area contributed by atoms with Crippen LogP contribution in [0.1, 0.15) is 78.1 Å². The Labute approximate surface area is 222 Å². The van der Waals surface area contributed by atoms with Gasteiger partial charge in [-0.25, -0.2) is 0 Å². The minimum absolute atomic E-state index is 0.0184. The summed E-state index contributed by atoms with van der Waals surface area (Å²) in [6, 6.07) is -0.792. The number of hydrogen-bond acceptors (Lipinski definition) is 6. The third-order valence-electron chi connectivity index (χ3n) is 8.47. The normalized spacial score (nSPS) is 29.9. The monoisotopic (exact) mass is 518 g/mol. The van der Waals surface area contributed by atoms with Crippen molar-refractivity contribution in [3.8, 4) is 0 Å². The van der Waals surface area contributed by atoms with E-state index < -0.39 is 35.0 Å². The lowest BCUT2D eigenvalue weighted by Gasteiger charge is -2.37. The number of carbonyl (C=O) groups excluding carboxylic acids is 3. The number of hydrogen-bond donors (Lipinski definition) is 1. The van der Waals surface area contributed by atoms with Crippen molar-refractivity contribution in [2.45, 2.75) is 95.3 Å². The predicted octanol–water partition coefficient (Wildman–Crippen LogP) is 3.63. The highest BCUT2D eigenvalue weighted by molar-refractivity contribution is 5.98. The number of likely N-dealkylation sites (tertiary alicyclic amines) is 1. The smallest absolute Gasteiger partial charge is 0.312 e. The number of aliphatic hydroxyl groups excluding tert-OH is 1. The van der Waals surface area contributed by atoms with Gasteiger partial charge >= 0.3 is 5.97 Å². The van der Waals surface area contributed by atoms with Crippen LogP contribution in [0.25, 0.3) is 0 Å². The van der Waals surface area contributed by atoms with E-state index in [1.807, 2.05) is 13.0 Å². The van der Waals surface area contributed by atoms with Crippen LogP contribution in [-0.4, -0.2) is 82.8 Å². The van der Waals surface area contributed by atoms with Gasteiger partial charge in [0.1, 0.15) is 17.6 Å². The van der Waals surface area contributed by atoms with Crippen LogP contribution in [-0.2, 0) is 23.9 Å². The van der Waals surface area contributed by atoms with Gasteiger partial charge in [-0.15, -0.1) is 13.2 Å². The SMILES string of the molecule is C=CCCCCOC(=O)[C@@H]1[C@H]2C(=O)N(CCCCO)C(C(=O)N(CC=C)CCCC)C23CC[C@@]1(CC)O3. The molecule has 1 N–H and O–H groups in total. The molecular formula is C29H46N2O6. The minimum Gasteiger partial charge on any atom is -0.465 e. The Morgan fingerprint density at radius 2 is 1.95 bits per heavy atom. The van der Waals surface area contributed by atoms with E-state index in [0.717, 1.165) is 32.1 Å². The van der Waals surface area contributed by atoms with Crippen molar-refractivity contribution < 1.29 is 29.0 Å². The molecule has 3 saturated heterocycles. The van der Waals surface area contributed by atoms with E-state index in [-0.39, 0.29) is 18.4 Å². The number of fused-ring (bicyclic) bond motifs is 1. The summed E-state index contributed by atoms with van der Waals surface area (Å²) in [5.74, 6) is -2.19. The van der Waals surface area contributed by atoms with Crippen molar-refractivity contribution in [2.75, 3.05) is 32.8 Å². The van der Waals surface area contributed by atoms with Gasteiger partial charge in [0, 0.05) is 26.2 Å². The summed E-state index contributed by atoms with van der Waals surface area (Å²) in [6.07, 6.45) is 10.7. The number of amides is 2. The molecule has 3 heterocycles. The number of allylic oxidation sites excluding steroid dienone is 1. The second-order valence-corrected chi connectivity index (χ2v) is 10.7. The van der Waals surface area contributed by atoms with Crippen LogP contribution in [0.2, 0.25) is 0 Å². The highest BCUT2D eigenvalue weighted by atomic mass is 16.6. The maximum Gasteiger partial charge on any atom is 0.312 e. The van der Waals surface area contributed by atoms with E-state index in [2.05, 4.69) is 20.1 Å². The van der Waals surface area contributed by atoms with E-state index in [1.165, 1.54) is 0 Å². The molecule has 1 spiro atoms. The zero-order valence-electron chi connectivity index (χ0n) is 22.8. The van der Waals surface area contributed by atoms with Crippen LogP contribution < -0.4 is 0 Å². The lowest BCUT2D eigenvalue weighted by atomic mass is 9.65. The van der Waals surface area contributed by atoms with E-state index in [0.29, 0.717) is 58.3 Å². The molecule has 0 aromatic heterocycles. The van der Waals surface area contributed by atoms with Crippen molar-refractivity contribution in [1.29, 1.82) is 0 Å². The van der Waals surface area contributed by atoms with E-state index in [4.69, 9.17) is 9.47 Å². The van der Waals surface area contributed by atoms with Crippen LogP contribution >= 0.6 is 0 Å². The fourth-order valence-electron chi connectivity index (χ4n) is 6.61. The topological polar surface area (TPSA) is 96.4 Å². The van der Waals surface area contributed by atoms with E-state index in [1.54, 1.807) is 15.9 Å². The fraction of sp³-hybridized carbons (Fsp3) is 0.759. The number of esters is 1. The first-order chi connectivity index (χ1) is 17.9. The first kappa shape index (κ1) is 29.4. The molecule has 0 aliphatic carbocycles. The number of aliphatic hydroxyl groups is 1. The molecule has 0 saturated carbocycles. The second-order valence-electron chi connectivity index (χ2n) is 10.7. The molecule has 8 heteroatoms. The largest absolute Gasteiger partial charge is 0.465 e. The average molecular weight is 519 g/mol. The van der Waals surface area contributed by atoms with Crippen molar-refractivity contribution in [2.24, 2.45) is 11.8 Å². The summed E-state index contributed by atoms with van der Waals surface area (Å²) in [4.78, 5) is 45.1. The molecule has 0 aromatic rings. The fourth-order valence-corrected chi connectivity index (χ4v) is 6.61. The van der Waals surface area contributed by atoms with Crippen molar-refractivity contribution in [1.82, 2.24) is 9.80 Å². The Hall–Kier alpha value is -2.19. The summed E-state index contributed by atoms with van der Waals surface area (Å²) < 4.78 is 12.5. The zero-order valence-corrected chi connectivity index (χ0v) is 22.8. The highest BCUT2D eigenvalue weighted by Crippen LogP contribution is 2.64. The third-order valence-corrected chi connectivity index (χ3v) is 8.47. The molecule has 5 atom stereocenters. The van der Waals surface area contributed by atoms with Gasteiger partial charge in [0.25, 0.3) is 0 Å². The maximum atomic E-state index is 14.1. The Kier molecular flexibility index (Phi) is 10.4. The van der Waals surface area contributed by atoms with Gasteiger partial charge in [-0.1, -0.05) is 32.4 Å².